The van der Waals surface area contributed by atoms with Gasteiger partial charge < -0.3 is 10.1 Å². The van der Waals surface area contributed by atoms with Gasteiger partial charge in [0.25, 0.3) is 0 Å². The highest BCUT2D eigenvalue weighted by Gasteiger charge is 2.15. The smallest absolute Gasteiger partial charge is 0.233 e. The maximum Gasteiger partial charge on any atom is 0.233 e. The van der Waals surface area contributed by atoms with Gasteiger partial charge in [-0.3, -0.25) is 9.88 Å². The van der Waals surface area contributed by atoms with E-state index in [9.17, 15) is 0 Å². The van der Waals surface area contributed by atoms with Crippen molar-refractivity contribution in [3.63, 3.8) is 0 Å². The first-order chi connectivity index (χ1) is 17.8. The molecule has 9 nitrogen and oxygen atoms in total. The standard InChI is InChI=1S/C27H20N8O/c1-3-8-20(9-4-1)35-18-30-23-24(32-27(33-25(23)35)34-26-28-16-7-17-29-26)31-19-12-14-22(15-13-19)36-21-10-5-2-6-11-21/h1-18H,(H2,28,29,31,32,33,34). The van der Waals surface area contributed by atoms with Crippen LogP contribution >= 0.6 is 0 Å². The van der Waals surface area contributed by atoms with Gasteiger partial charge >= 0.3 is 0 Å². The van der Waals surface area contributed by atoms with Crippen LogP contribution in [0.1, 0.15) is 0 Å². The first kappa shape index (κ1) is 21.2. The van der Waals surface area contributed by atoms with Crippen molar-refractivity contribution in [3.05, 3.63) is 110 Å². The summed E-state index contributed by atoms with van der Waals surface area (Å²) in [7, 11) is 0. The van der Waals surface area contributed by atoms with Crippen LogP contribution in [0.5, 0.6) is 11.5 Å². The topological polar surface area (TPSA) is 103 Å². The molecule has 0 aliphatic heterocycles. The molecule has 6 rings (SSSR count). The highest BCUT2D eigenvalue weighted by atomic mass is 16.5. The minimum Gasteiger partial charge on any atom is -0.457 e. The Balaban J connectivity index is 1.35. The molecule has 0 fully saturated rings. The number of rotatable bonds is 7. The molecule has 0 aliphatic rings. The number of anilines is 4. The molecule has 2 N–H and O–H groups in total. The second kappa shape index (κ2) is 9.51. The molecule has 0 saturated carbocycles. The number of imidazole rings is 1. The zero-order valence-electron chi connectivity index (χ0n) is 19.0. The number of hydrogen-bond donors (Lipinski definition) is 2. The third-order valence-corrected chi connectivity index (χ3v) is 5.32. The molecule has 0 amide bonds. The summed E-state index contributed by atoms with van der Waals surface area (Å²) < 4.78 is 7.81. The van der Waals surface area contributed by atoms with Crippen molar-refractivity contribution in [3.8, 4) is 17.2 Å². The fraction of sp³-hybridized carbons (Fsp3) is 0. The fourth-order valence-corrected chi connectivity index (χ4v) is 3.65. The molecule has 9 heteroatoms. The number of nitrogens with one attached hydrogen (secondary N) is 2. The van der Waals surface area contributed by atoms with Gasteiger partial charge in [0.05, 0.1) is 0 Å². The molecule has 0 spiro atoms. The van der Waals surface area contributed by atoms with E-state index in [-0.39, 0.29) is 0 Å². The predicted octanol–water partition coefficient (Wildman–Crippen LogP) is 5.89. The fourth-order valence-electron chi connectivity index (χ4n) is 3.65. The largest absolute Gasteiger partial charge is 0.457 e. The quantitative estimate of drug-likeness (QED) is 0.297. The third-order valence-electron chi connectivity index (χ3n) is 5.32. The minimum absolute atomic E-state index is 0.345. The van der Waals surface area contributed by atoms with E-state index in [2.05, 4.69) is 30.6 Å². The van der Waals surface area contributed by atoms with Crippen molar-refractivity contribution >= 4 is 34.6 Å². The summed E-state index contributed by atoms with van der Waals surface area (Å²) in [5, 5.41) is 6.45. The molecule has 174 valence electrons. The van der Waals surface area contributed by atoms with Gasteiger partial charge in [-0.05, 0) is 54.6 Å². The number of nitrogens with zero attached hydrogens (tertiary/aromatic N) is 6. The van der Waals surface area contributed by atoms with Crippen LogP contribution in [-0.4, -0.2) is 29.5 Å². The van der Waals surface area contributed by atoms with Crippen LogP contribution in [0.4, 0.5) is 23.4 Å². The monoisotopic (exact) mass is 472 g/mol. The van der Waals surface area contributed by atoms with Crippen LogP contribution in [0.15, 0.2) is 110 Å². The Morgan fingerprint density at radius 1 is 0.611 bits per heavy atom. The SMILES string of the molecule is c1ccc(Oc2ccc(Nc3nc(Nc4ncccn4)nc4c3ncn4-c3ccccc3)cc2)cc1. The minimum atomic E-state index is 0.345. The Morgan fingerprint density at radius 2 is 1.31 bits per heavy atom. The molecule has 0 saturated heterocycles. The van der Waals surface area contributed by atoms with E-state index in [1.807, 2.05) is 89.5 Å². The van der Waals surface area contributed by atoms with Crippen molar-refractivity contribution in [2.45, 2.75) is 0 Å². The second-order valence-electron chi connectivity index (χ2n) is 7.78. The first-order valence-corrected chi connectivity index (χ1v) is 11.3. The summed E-state index contributed by atoms with van der Waals surface area (Å²) in [6, 6.07) is 28.9. The molecule has 36 heavy (non-hydrogen) atoms. The maximum atomic E-state index is 5.90. The molecule has 0 radical (unpaired) electrons. The van der Waals surface area contributed by atoms with E-state index < -0.39 is 0 Å². The van der Waals surface area contributed by atoms with E-state index >= 15 is 0 Å². The third kappa shape index (κ3) is 4.53. The van der Waals surface area contributed by atoms with Gasteiger partial charge in [0.2, 0.25) is 11.9 Å². The molecule has 3 heterocycles. The molecule has 0 unspecified atom stereocenters. The Hall–Kier alpha value is -5.31. The van der Waals surface area contributed by atoms with Gasteiger partial charge in [-0.1, -0.05) is 36.4 Å². The zero-order chi connectivity index (χ0) is 24.2. The number of fused-ring (bicyclic) bond motifs is 1. The second-order valence-corrected chi connectivity index (χ2v) is 7.78. The van der Waals surface area contributed by atoms with E-state index in [4.69, 9.17) is 9.72 Å². The summed E-state index contributed by atoms with van der Waals surface area (Å²) in [5.74, 6) is 2.80. The first-order valence-electron chi connectivity index (χ1n) is 11.3. The predicted molar refractivity (Wildman–Crippen MR) is 138 cm³/mol. The highest BCUT2D eigenvalue weighted by molar-refractivity contribution is 5.87. The summed E-state index contributed by atoms with van der Waals surface area (Å²) in [5.41, 5.74) is 3.03. The lowest BCUT2D eigenvalue weighted by Gasteiger charge is -2.11. The van der Waals surface area contributed by atoms with Crippen molar-refractivity contribution < 1.29 is 4.74 Å². The summed E-state index contributed by atoms with van der Waals surface area (Å²) in [6.45, 7) is 0. The van der Waals surface area contributed by atoms with E-state index in [0.29, 0.717) is 28.9 Å². The lowest BCUT2D eigenvalue weighted by Crippen LogP contribution is -2.05. The Morgan fingerprint density at radius 3 is 2.06 bits per heavy atom. The van der Waals surface area contributed by atoms with Crippen molar-refractivity contribution in [2.24, 2.45) is 0 Å². The Kier molecular flexibility index (Phi) is 5.61. The lowest BCUT2D eigenvalue weighted by atomic mass is 10.3. The van der Waals surface area contributed by atoms with E-state index in [1.54, 1.807) is 24.8 Å². The van der Waals surface area contributed by atoms with Gasteiger partial charge in [0.15, 0.2) is 17.0 Å². The van der Waals surface area contributed by atoms with Gasteiger partial charge in [-0.25, -0.2) is 15.0 Å². The zero-order valence-corrected chi connectivity index (χ0v) is 19.0. The van der Waals surface area contributed by atoms with Crippen LogP contribution in [-0.2, 0) is 0 Å². The molecule has 0 aliphatic carbocycles. The van der Waals surface area contributed by atoms with Crippen molar-refractivity contribution in [2.75, 3.05) is 10.6 Å². The maximum absolute atomic E-state index is 5.90. The van der Waals surface area contributed by atoms with Crippen LogP contribution < -0.4 is 15.4 Å². The van der Waals surface area contributed by atoms with Crippen LogP contribution in [0.25, 0.3) is 16.9 Å². The molecule has 3 aromatic heterocycles. The van der Waals surface area contributed by atoms with Crippen LogP contribution in [0, 0.1) is 0 Å². The summed E-state index contributed by atoms with van der Waals surface area (Å²) >= 11 is 0. The van der Waals surface area contributed by atoms with Crippen molar-refractivity contribution in [1.82, 2.24) is 29.5 Å². The molecule has 6 aromatic rings. The molecular formula is C27H20N8O. The van der Waals surface area contributed by atoms with Crippen molar-refractivity contribution in [1.29, 1.82) is 0 Å². The number of benzene rings is 3. The number of hydrogen-bond acceptors (Lipinski definition) is 8. The van der Waals surface area contributed by atoms with Crippen LogP contribution in [0.3, 0.4) is 0 Å². The molecule has 3 aromatic carbocycles. The van der Waals surface area contributed by atoms with Gasteiger partial charge in [-0.2, -0.15) is 9.97 Å². The average molecular weight is 473 g/mol. The summed E-state index contributed by atoms with van der Waals surface area (Å²) in [6.07, 6.45) is 5.04. The van der Waals surface area contributed by atoms with Crippen LogP contribution in [0.2, 0.25) is 0 Å². The number of aromatic nitrogens is 6. The number of para-hydroxylation sites is 2. The highest BCUT2D eigenvalue weighted by Crippen LogP contribution is 2.28. The molecule has 0 bridgehead atoms. The average Bonchev–Trinajstić information content (AvgIpc) is 3.36. The summed E-state index contributed by atoms with van der Waals surface area (Å²) in [4.78, 5) is 22.4. The molecule has 0 atom stereocenters. The van der Waals surface area contributed by atoms with Gasteiger partial charge in [0, 0.05) is 23.8 Å². The normalized spacial score (nSPS) is 10.8. The van der Waals surface area contributed by atoms with Gasteiger partial charge in [-0.15, -0.1) is 0 Å². The Labute approximate surface area is 206 Å². The number of ether oxygens (including phenoxy) is 1. The molecular weight excluding hydrogens is 452 g/mol. The van der Waals surface area contributed by atoms with Gasteiger partial charge in [0.1, 0.15) is 17.8 Å². The lowest BCUT2D eigenvalue weighted by molar-refractivity contribution is 0.483. The Bertz CT molecular complexity index is 1590. The van der Waals surface area contributed by atoms with E-state index in [0.717, 1.165) is 22.9 Å². The van der Waals surface area contributed by atoms with E-state index in [1.165, 1.54) is 0 Å².